The Balaban J connectivity index is 2.83. The normalized spacial score (nSPS) is 12.7. The first-order valence-electron chi connectivity index (χ1n) is 7.84. The second-order valence-electron chi connectivity index (χ2n) is 6.88. The van der Waals surface area contributed by atoms with E-state index >= 15 is 0 Å². The van der Waals surface area contributed by atoms with E-state index in [4.69, 9.17) is 0 Å². The zero-order chi connectivity index (χ0) is 21.0. The number of amides is 2. The molecule has 0 unspecified atom stereocenters. The Morgan fingerprint density at radius 1 is 1.07 bits per heavy atom. The third kappa shape index (κ3) is 7.55. The lowest BCUT2D eigenvalue weighted by Gasteiger charge is -2.23. The van der Waals surface area contributed by atoms with Crippen LogP contribution in [0.15, 0.2) is 29.2 Å². The minimum Gasteiger partial charge on any atom is -0.350 e. The van der Waals surface area contributed by atoms with Gasteiger partial charge in [0.05, 0.1) is 11.4 Å². The van der Waals surface area contributed by atoms with Crippen LogP contribution in [-0.4, -0.2) is 56.4 Å². The van der Waals surface area contributed by atoms with Crippen LogP contribution in [0.4, 0.5) is 13.2 Å². The smallest absolute Gasteiger partial charge is 0.350 e. The predicted molar refractivity (Wildman–Crippen MR) is 92.5 cm³/mol. The summed E-state index contributed by atoms with van der Waals surface area (Å²) < 4.78 is 62.1. The van der Waals surface area contributed by atoms with Crippen LogP contribution in [-0.2, 0) is 14.8 Å². The quantitative estimate of drug-likeness (QED) is 0.745. The average Bonchev–Trinajstić information content (AvgIpc) is 2.50. The van der Waals surface area contributed by atoms with E-state index in [9.17, 15) is 31.2 Å². The van der Waals surface area contributed by atoms with Gasteiger partial charge in [-0.25, -0.2) is 8.42 Å². The summed E-state index contributed by atoms with van der Waals surface area (Å²) in [6, 6.07) is 4.38. The van der Waals surface area contributed by atoms with Gasteiger partial charge in [0.15, 0.2) is 0 Å². The van der Waals surface area contributed by atoms with Gasteiger partial charge in [-0.15, -0.1) is 0 Å². The van der Waals surface area contributed by atoms with Crippen LogP contribution >= 0.6 is 0 Å². The zero-order valence-corrected chi connectivity index (χ0v) is 16.2. The largest absolute Gasteiger partial charge is 0.405 e. The number of nitrogens with one attached hydrogen (secondary N) is 2. The first-order chi connectivity index (χ1) is 12.1. The number of hydrogen-bond acceptors (Lipinski definition) is 4. The van der Waals surface area contributed by atoms with Crippen LogP contribution in [0.5, 0.6) is 0 Å². The third-order valence-corrected chi connectivity index (χ3v) is 4.97. The standard InChI is InChI=1S/C16H22F3N3O4S/c1-15(2,3)21-13(23)9-22(4)27(25,26)12-7-5-11(6-8-12)14(24)20-10-16(17,18)19/h5-8H,9-10H2,1-4H3,(H,20,24)(H,21,23). The lowest BCUT2D eigenvalue weighted by Crippen LogP contribution is -2.46. The van der Waals surface area contributed by atoms with Crippen LogP contribution in [0.25, 0.3) is 0 Å². The second kappa shape index (κ2) is 8.26. The zero-order valence-electron chi connectivity index (χ0n) is 15.3. The van der Waals surface area contributed by atoms with Crippen molar-refractivity contribution in [2.45, 2.75) is 37.4 Å². The molecule has 7 nitrogen and oxygen atoms in total. The highest BCUT2D eigenvalue weighted by atomic mass is 32.2. The van der Waals surface area contributed by atoms with Crippen molar-refractivity contribution in [3.63, 3.8) is 0 Å². The summed E-state index contributed by atoms with van der Waals surface area (Å²) in [5.41, 5.74) is -0.640. The van der Waals surface area contributed by atoms with Gasteiger partial charge in [0.2, 0.25) is 15.9 Å². The Morgan fingerprint density at radius 3 is 2.04 bits per heavy atom. The minimum absolute atomic E-state index is 0.119. The van der Waals surface area contributed by atoms with E-state index in [-0.39, 0.29) is 10.5 Å². The van der Waals surface area contributed by atoms with Crippen LogP contribution in [0, 0.1) is 0 Å². The van der Waals surface area contributed by atoms with Gasteiger partial charge in [0.1, 0.15) is 6.54 Å². The molecular formula is C16H22F3N3O4S. The fourth-order valence-corrected chi connectivity index (χ4v) is 3.11. The van der Waals surface area contributed by atoms with Gasteiger partial charge >= 0.3 is 6.18 Å². The molecule has 27 heavy (non-hydrogen) atoms. The fourth-order valence-electron chi connectivity index (χ4n) is 1.99. The van der Waals surface area contributed by atoms with Crippen LogP contribution in [0.2, 0.25) is 0 Å². The van der Waals surface area contributed by atoms with Gasteiger partial charge in [0, 0.05) is 18.2 Å². The van der Waals surface area contributed by atoms with E-state index in [0.717, 1.165) is 28.6 Å². The molecule has 0 aliphatic carbocycles. The number of carbonyl (C=O) groups excluding carboxylic acids is 2. The Bertz CT molecular complexity index is 785. The molecule has 0 atom stereocenters. The Hall–Kier alpha value is -2.14. The SMILES string of the molecule is CN(CC(=O)NC(C)(C)C)S(=O)(=O)c1ccc(C(=O)NCC(F)(F)F)cc1. The van der Waals surface area contributed by atoms with Gasteiger partial charge in [-0.3, -0.25) is 9.59 Å². The monoisotopic (exact) mass is 409 g/mol. The van der Waals surface area contributed by atoms with Gasteiger partial charge in [-0.05, 0) is 45.0 Å². The van der Waals surface area contributed by atoms with Gasteiger partial charge in [-0.1, -0.05) is 0 Å². The molecule has 0 spiro atoms. The van der Waals surface area contributed by atoms with E-state index in [2.05, 4.69) is 5.32 Å². The van der Waals surface area contributed by atoms with Crippen molar-refractivity contribution in [1.82, 2.24) is 14.9 Å². The van der Waals surface area contributed by atoms with Crippen molar-refractivity contribution in [3.8, 4) is 0 Å². The molecule has 0 heterocycles. The predicted octanol–water partition coefficient (Wildman–Crippen LogP) is 1.51. The number of nitrogens with zero attached hydrogens (tertiary/aromatic N) is 1. The van der Waals surface area contributed by atoms with Crippen LogP contribution in [0.1, 0.15) is 31.1 Å². The number of rotatable bonds is 6. The maximum atomic E-state index is 12.5. The van der Waals surface area contributed by atoms with Crippen molar-refractivity contribution in [3.05, 3.63) is 29.8 Å². The summed E-state index contributed by atoms with van der Waals surface area (Å²) in [4.78, 5) is 23.3. The molecule has 0 saturated heterocycles. The number of sulfonamides is 1. The molecule has 0 aliphatic rings. The fraction of sp³-hybridized carbons (Fsp3) is 0.500. The Labute approximate surface area is 156 Å². The molecule has 1 aromatic rings. The molecular weight excluding hydrogens is 387 g/mol. The molecule has 0 aliphatic heterocycles. The average molecular weight is 409 g/mol. The molecule has 0 bridgehead atoms. The van der Waals surface area contributed by atoms with Gasteiger partial charge < -0.3 is 10.6 Å². The first kappa shape index (κ1) is 22.9. The molecule has 0 fully saturated rings. The molecule has 11 heteroatoms. The number of halogens is 3. The number of hydrogen-bond donors (Lipinski definition) is 2. The van der Waals surface area contributed by atoms with Gasteiger partial charge in [-0.2, -0.15) is 17.5 Å². The van der Waals surface area contributed by atoms with E-state index in [1.165, 1.54) is 7.05 Å². The number of likely N-dealkylation sites (N-methyl/N-ethyl adjacent to an activating group) is 1. The maximum Gasteiger partial charge on any atom is 0.405 e. The molecule has 0 radical (unpaired) electrons. The summed E-state index contributed by atoms with van der Waals surface area (Å²) in [7, 11) is -2.78. The summed E-state index contributed by atoms with van der Waals surface area (Å²) in [5.74, 6) is -1.47. The molecule has 1 rings (SSSR count). The third-order valence-electron chi connectivity index (χ3n) is 3.15. The number of benzene rings is 1. The van der Waals surface area contributed by atoms with E-state index in [1.807, 2.05) is 0 Å². The van der Waals surface area contributed by atoms with Crippen molar-refractivity contribution in [2.75, 3.05) is 20.1 Å². The van der Waals surface area contributed by atoms with E-state index in [1.54, 1.807) is 26.1 Å². The van der Waals surface area contributed by atoms with E-state index < -0.39 is 46.6 Å². The molecule has 2 amide bonds. The molecule has 0 aromatic heterocycles. The highest BCUT2D eigenvalue weighted by molar-refractivity contribution is 7.89. The van der Waals surface area contributed by atoms with Crippen molar-refractivity contribution < 1.29 is 31.2 Å². The maximum absolute atomic E-state index is 12.5. The van der Waals surface area contributed by atoms with Gasteiger partial charge in [0.25, 0.3) is 5.91 Å². The summed E-state index contributed by atoms with van der Waals surface area (Å²) in [6.45, 7) is 3.36. The molecule has 0 saturated carbocycles. The lowest BCUT2D eigenvalue weighted by molar-refractivity contribution is -0.123. The summed E-state index contributed by atoms with van der Waals surface area (Å²) in [6.07, 6.45) is -4.55. The highest BCUT2D eigenvalue weighted by Gasteiger charge is 2.28. The van der Waals surface area contributed by atoms with Crippen molar-refractivity contribution in [1.29, 1.82) is 0 Å². The summed E-state index contributed by atoms with van der Waals surface area (Å²) in [5, 5.41) is 4.32. The Kier molecular flexibility index (Phi) is 7.00. The van der Waals surface area contributed by atoms with Crippen LogP contribution in [0.3, 0.4) is 0 Å². The topological polar surface area (TPSA) is 95.6 Å². The lowest BCUT2D eigenvalue weighted by atomic mass is 10.1. The van der Waals surface area contributed by atoms with E-state index in [0.29, 0.717) is 0 Å². The van der Waals surface area contributed by atoms with Crippen molar-refractivity contribution >= 4 is 21.8 Å². The highest BCUT2D eigenvalue weighted by Crippen LogP contribution is 2.16. The summed E-state index contributed by atoms with van der Waals surface area (Å²) >= 11 is 0. The second-order valence-corrected chi connectivity index (χ2v) is 8.93. The van der Waals surface area contributed by atoms with Crippen LogP contribution < -0.4 is 10.6 Å². The number of carbonyl (C=O) groups is 2. The first-order valence-corrected chi connectivity index (χ1v) is 9.28. The Morgan fingerprint density at radius 2 is 1.59 bits per heavy atom. The molecule has 2 N–H and O–H groups in total. The molecule has 1 aromatic carbocycles. The van der Waals surface area contributed by atoms with Crippen molar-refractivity contribution in [2.24, 2.45) is 0 Å². The number of alkyl halides is 3. The minimum atomic E-state index is -4.55. The molecule has 152 valence electrons.